The monoisotopic (exact) mass is 206 g/mol. The molecule has 2 atom stereocenters. The van der Waals surface area contributed by atoms with E-state index in [2.05, 4.69) is 16.4 Å². The van der Waals surface area contributed by atoms with E-state index in [0.717, 1.165) is 25.9 Å². The Bertz CT molecular complexity index is 289. The first-order valence-corrected chi connectivity index (χ1v) is 5.64. The minimum absolute atomic E-state index is 0.0913. The highest BCUT2D eigenvalue weighted by atomic mass is 16.3. The predicted molar refractivity (Wildman–Crippen MR) is 59.3 cm³/mol. The van der Waals surface area contributed by atoms with Gasteiger partial charge in [-0.05, 0) is 30.4 Å². The molecule has 1 aromatic heterocycles. The van der Waals surface area contributed by atoms with Crippen LogP contribution in [-0.4, -0.2) is 22.7 Å². The minimum Gasteiger partial charge on any atom is -0.393 e. The second-order valence-electron chi connectivity index (χ2n) is 4.25. The molecule has 1 fully saturated rings. The van der Waals surface area contributed by atoms with Crippen molar-refractivity contribution in [1.82, 2.24) is 10.3 Å². The van der Waals surface area contributed by atoms with Crippen LogP contribution in [0.1, 0.15) is 24.8 Å². The summed E-state index contributed by atoms with van der Waals surface area (Å²) in [5.74, 6) is 0.446. The summed E-state index contributed by atoms with van der Waals surface area (Å²) in [6, 6.07) is 4.01. The first-order chi connectivity index (χ1) is 7.36. The smallest absolute Gasteiger partial charge is 0.0580 e. The third-order valence-electron chi connectivity index (χ3n) is 3.08. The maximum absolute atomic E-state index is 9.63. The van der Waals surface area contributed by atoms with Gasteiger partial charge in [0.15, 0.2) is 0 Å². The van der Waals surface area contributed by atoms with Gasteiger partial charge in [0.05, 0.1) is 6.10 Å². The second-order valence-corrected chi connectivity index (χ2v) is 4.25. The van der Waals surface area contributed by atoms with Gasteiger partial charge in [0.1, 0.15) is 0 Å². The number of nitrogens with zero attached hydrogens (tertiary/aromatic N) is 1. The van der Waals surface area contributed by atoms with E-state index in [0.29, 0.717) is 5.92 Å². The number of nitrogens with one attached hydrogen (secondary N) is 1. The Morgan fingerprint density at radius 3 is 3.07 bits per heavy atom. The molecule has 2 rings (SSSR count). The summed E-state index contributed by atoms with van der Waals surface area (Å²) in [6.45, 7) is 1.76. The van der Waals surface area contributed by atoms with Gasteiger partial charge in [-0.15, -0.1) is 0 Å². The van der Waals surface area contributed by atoms with E-state index in [1.807, 2.05) is 12.3 Å². The van der Waals surface area contributed by atoms with Crippen LogP contribution in [0, 0.1) is 5.92 Å². The summed E-state index contributed by atoms with van der Waals surface area (Å²) < 4.78 is 0. The molecule has 0 radical (unpaired) electrons. The van der Waals surface area contributed by atoms with E-state index in [9.17, 15) is 5.11 Å². The van der Waals surface area contributed by atoms with E-state index in [4.69, 9.17) is 0 Å². The van der Waals surface area contributed by atoms with Gasteiger partial charge in [0.2, 0.25) is 0 Å². The molecule has 0 amide bonds. The summed E-state index contributed by atoms with van der Waals surface area (Å²) in [5.41, 5.74) is 1.20. The van der Waals surface area contributed by atoms with Gasteiger partial charge in [0, 0.05) is 25.5 Å². The topological polar surface area (TPSA) is 45.1 Å². The van der Waals surface area contributed by atoms with Crippen LogP contribution in [0.5, 0.6) is 0 Å². The fourth-order valence-corrected chi connectivity index (χ4v) is 2.16. The molecule has 1 heterocycles. The Morgan fingerprint density at radius 1 is 1.47 bits per heavy atom. The quantitative estimate of drug-likeness (QED) is 0.781. The molecule has 82 valence electrons. The number of pyridine rings is 1. The molecular weight excluding hydrogens is 188 g/mol. The van der Waals surface area contributed by atoms with E-state index >= 15 is 0 Å². The zero-order valence-corrected chi connectivity index (χ0v) is 8.89. The first-order valence-electron chi connectivity index (χ1n) is 5.64. The van der Waals surface area contributed by atoms with Crippen LogP contribution in [0.25, 0.3) is 0 Å². The van der Waals surface area contributed by atoms with Crippen molar-refractivity contribution in [3.05, 3.63) is 30.1 Å². The highest BCUT2D eigenvalue weighted by Gasteiger charge is 2.24. The largest absolute Gasteiger partial charge is 0.393 e. The molecule has 3 heteroatoms. The molecule has 0 aliphatic heterocycles. The van der Waals surface area contributed by atoms with Crippen molar-refractivity contribution in [2.75, 3.05) is 6.54 Å². The Kier molecular flexibility index (Phi) is 3.69. The Labute approximate surface area is 90.5 Å². The van der Waals surface area contributed by atoms with Crippen LogP contribution in [0.3, 0.4) is 0 Å². The van der Waals surface area contributed by atoms with Crippen molar-refractivity contribution in [2.45, 2.75) is 31.9 Å². The zero-order valence-electron chi connectivity index (χ0n) is 8.89. The van der Waals surface area contributed by atoms with Crippen molar-refractivity contribution >= 4 is 0 Å². The predicted octanol–water partition coefficient (Wildman–Crippen LogP) is 1.33. The van der Waals surface area contributed by atoms with Crippen LogP contribution in [0.15, 0.2) is 24.5 Å². The average molecular weight is 206 g/mol. The molecule has 1 aliphatic carbocycles. The number of aliphatic hydroxyl groups excluding tert-OH is 1. The fraction of sp³-hybridized carbons (Fsp3) is 0.583. The lowest BCUT2D eigenvalue weighted by molar-refractivity contribution is 0.131. The molecule has 1 saturated carbocycles. The van der Waals surface area contributed by atoms with Crippen LogP contribution in [-0.2, 0) is 6.54 Å². The lowest BCUT2D eigenvalue weighted by atomic mass is 10.1. The van der Waals surface area contributed by atoms with E-state index in [-0.39, 0.29) is 6.10 Å². The molecule has 0 aromatic carbocycles. The molecule has 2 unspecified atom stereocenters. The van der Waals surface area contributed by atoms with E-state index < -0.39 is 0 Å². The molecule has 0 bridgehead atoms. The van der Waals surface area contributed by atoms with Gasteiger partial charge >= 0.3 is 0 Å². The Hall–Kier alpha value is -0.930. The number of rotatable bonds is 4. The SMILES string of the molecule is OC1CCCC1CNCc1cccnc1. The summed E-state index contributed by atoms with van der Waals surface area (Å²) >= 11 is 0. The first kappa shape index (κ1) is 10.6. The van der Waals surface area contributed by atoms with Crippen LogP contribution in [0.2, 0.25) is 0 Å². The highest BCUT2D eigenvalue weighted by molar-refractivity contribution is 5.07. The number of hydrogen-bond donors (Lipinski definition) is 2. The Balaban J connectivity index is 1.71. The standard InChI is InChI=1S/C12H18N2O/c15-12-5-1-4-11(12)9-14-8-10-3-2-6-13-7-10/h2-3,6-7,11-12,14-15H,1,4-5,8-9H2. The molecule has 1 aromatic rings. The molecule has 15 heavy (non-hydrogen) atoms. The van der Waals surface area contributed by atoms with Crippen molar-refractivity contribution < 1.29 is 5.11 Å². The van der Waals surface area contributed by atoms with Crippen LogP contribution in [0.4, 0.5) is 0 Å². The third kappa shape index (κ3) is 3.01. The minimum atomic E-state index is -0.0913. The summed E-state index contributed by atoms with van der Waals surface area (Å²) in [5, 5.41) is 13.0. The van der Waals surface area contributed by atoms with Crippen LogP contribution >= 0.6 is 0 Å². The number of hydrogen-bond acceptors (Lipinski definition) is 3. The molecule has 1 aliphatic rings. The summed E-state index contributed by atoms with van der Waals surface area (Å²) in [6.07, 6.45) is 6.86. The molecule has 0 saturated heterocycles. The highest BCUT2D eigenvalue weighted by Crippen LogP contribution is 2.24. The third-order valence-corrected chi connectivity index (χ3v) is 3.08. The molecule has 3 nitrogen and oxygen atoms in total. The molecule has 0 spiro atoms. The number of aliphatic hydroxyl groups is 1. The van der Waals surface area contributed by atoms with Crippen molar-refractivity contribution in [1.29, 1.82) is 0 Å². The number of aromatic nitrogens is 1. The maximum Gasteiger partial charge on any atom is 0.0580 e. The van der Waals surface area contributed by atoms with Gasteiger partial charge in [-0.25, -0.2) is 0 Å². The lowest BCUT2D eigenvalue weighted by Crippen LogP contribution is -2.27. The average Bonchev–Trinajstić information content (AvgIpc) is 2.66. The van der Waals surface area contributed by atoms with E-state index in [1.165, 1.54) is 12.0 Å². The zero-order chi connectivity index (χ0) is 10.5. The van der Waals surface area contributed by atoms with Crippen molar-refractivity contribution in [3.63, 3.8) is 0 Å². The van der Waals surface area contributed by atoms with Crippen molar-refractivity contribution in [3.8, 4) is 0 Å². The molecular formula is C12H18N2O. The van der Waals surface area contributed by atoms with Gasteiger partial charge in [-0.2, -0.15) is 0 Å². The van der Waals surface area contributed by atoms with Gasteiger partial charge < -0.3 is 10.4 Å². The fourth-order valence-electron chi connectivity index (χ4n) is 2.16. The van der Waals surface area contributed by atoms with Crippen LogP contribution < -0.4 is 5.32 Å². The molecule has 2 N–H and O–H groups in total. The van der Waals surface area contributed by atoms with Gasteiger partial charge in [0.25, 0.3) is 0 Å². The van der Waals surface area contributed by atoms with E-state index in [1.54, 1.807) is 6.20 Å². The normalized spacial score (nSPS) is 25.7. The maximum atomic E-state index is 9.63. The lowest BCUT2D eigenvalue weighted by Gasteiger charge is -2.14. The summed E-state index contributed by atoms with van der Waals surface area (Å²) in [7, 11) is 0. The summed E-state index contributed by atoms with van der Waals surface area (Å²) in [4.78, 5) is 4.06. The Morgan fingerprint density at radius 2 is 2.40 bits per heavy atom. The van der Waals surface area contributed by atoms with Gasteiger partial charge in [-0.3, -0.25) is 4.98 Å². The van der Waals surface area contributed by atoms with Crippen molar-refractivity contribution in [2.24, 2.45) is 5.92 Å². The van der Waals surface area contributed by atoms with Gasteiger partial charge in [-0.1, -0.05) is 12.5 Å². The second kappa shape index (κ2) is 5.24.